The molecule has 6 rings (SSSR count). The van der Waals surface area contributed by atoms with Gasteiger partial charge in [-0.2, -0.15) is 5.26 Å². The van der Waals surface area contributed by atoms with Crippen molar-refractivity contribution in [2.75, 3.05) is 18.2 Å². The van der Waals surface area contributed by atoms with Gasteiger partial charge in [0.15, 0.2) is 10.9 Å². The molecule has 0 aliphatic carbocycles. The highest BCUT2D eigenvalue weighted by Crippen LogP contribution is 2.39. The molecule has 1 atom stereocenters. The summed E-state index contributed by atoms with van der Waals surface area (Å²) >= 11 is 8.15. The molecule has 1 aromatic heterocycles. The Morgan fingerprint density at radius 2 is 1.78 bits per heavy atom. The second kappa shape index (κ2) is 16.7. The summed E-state index contributed by atoms with van der Waals surface area (Å²) in [7, 11) is 0. The van der Waals surface area contributed by atoms with Crippen LogP contribution in [-0.2, 0) is 26.4 Å². The molecular formula is C40H37ClN6O7S. The Kier molecular flexibility index (Phi) is 11.8. The van der Waals surface area contributed by atoms with E-state index in [0.29, 0.717) is 46.6 Å². The number of nitrogens with one attached hydrogen (secondary N) is 2. The number of piperidine rings is 1. The van der Waals surface area contributed by atoms with Crippen LogP contribution in [0.2, 0.25) is 5.02 Å². The van der Waals surface area contributed by atoms with E-state index in [9.17, 15) is 29.2 Å². The Morgan fingerprint density at radius 1 is 1.02 bits per heavy atom. The number of benzene rings is 3. The lowest BCUT2D eigenvalue weighted by Gasteiger charge is -2.27. The maximum absolute atomic E-state index is 13.1. The lowest BCUT2D eigenvalue weighted by atomic mass is 9.77. The van der Waals surface area contributed by atoms with E-state index in [1.54, 1.807) is 18.3 Å². The van der Waals surface area contributed by atoms with Crippen LogP contribution in [-0.4, -0.2) is 63.3 Å². The summed E-state index contributed by atoms with van der Waals surface area (Å²) in [5, 5.41) is 15.9. The van der Waals surface area contributed by atoms with Crippen LogP contribution in [0.15, 0.2) is 72.0 Å². The van der Waals surface area contributed by atoms with Crippen LogP contribution < -0.4 is 20.1 Å². The van der Waals surface area contributed by atoms with Gasteiger partial charge in [-0.1, -0.05) is 49.3 Å². The van der Waals surface area contributed by atoms with Gasteiger partial charge in [-0.05, 0) is 85.2 Å². The van der Waals surface area contributed by atoms with E-state index >= 15 is 0 Å². The number of hydrogen-bond donors (Lipinski definition) is 2. The molecule has 1 saturated heterocycles. The normalized spacial score (nSPS) is 15.3. The first kappa shape index (κ1) is 38.9. The van der Waals surface area contributed by atoms with E-state index in [4.69, 9.17) is 21.1 Å². The number of fused-ring (bicyclic) bond motifs is 1. The quantitative estimate of drug-likeness (QED) is 0.0642. The third kappa shape index (κ3) is 8.64. The Hall–Kier alpha value is -5.78. The monoisotopic (exact) mass is 780 g/mol. The number of ether oxygens (including phenoxy) is 2. The molecular weight excluding hydrogens is 744 g/mol. The Morgan fingerprint density at radius 3 is 2.51 bits per heavy atom. The number of unbranched alkanes of at least 4 members (excludes halogenated alkanes) is 1. The van der Waals surface area contributed by atoms with Crippen molar-refractivity contribution in [2.45, 2.75) is 69.2 Å². The molecule has 0 spiro atoms. The summed E-state index contributed by atoms with van der Waals surface area (Å²) in [5.41, 5.74) is 2.92. The largest absolute Gasteiger partial charge is 0.491 e. The number of aromatic nitrogens is 2. The first-order valence-electron chi connectivity index (χ1n) is 17.5. The van der Waals surface area contributed by atoms with Gasteiger partial charge < -0.3 is 14.8 Å². The molecule has 0 saturated carbocycles. The fourth-order valence-electron chi connectivity index (χ4n) is 6.36. The first-order valence-corrected chi connectivity index (χ1v) is 19.1. The molecule has 0 radical (unpaired) electrons. The number of carbonyl (C=O) groups excluding carboxylic acids is 5. The third-order valence-electron chi connectivity index (χ3n) is 9.49. The first-order chi connectivity index (χ1) is 26.4. The van der Waals surface area contributed by atoms with Crippen LogP contribution in [0.1, 0.15) is 89.1 Å². The van der Waals surface area contributed by atoms with Crippen molar-refractivity contribution in [3.05, 3.63) is 105 Å². The lowest BCUT2D eigenvalue weighted by molar-refractivity contribution is -0.136. The van der Waals surface area contributed by atoms with Crippen LogP contribution in [0.4, 0.5) is 5.69 Å². The SMILES string of the molecule is CSc1nccc(COc2ccc(C(C)(C)c3cc(Cl)c(OCCCCC(=O)Nc4ccc5c(c4)C(=O)N(C4CCC(=O)NC4=O)C5=O)c(C#N)c3)cc2)n1. The Balaban J connectivity index is 0.994. The molecule has 1 unspecified atom stereocenters. The van der Waals surface area contributed by atoms with Gasteiger partial charge in [0.1, 0.15) is 24.5 Å². The van der Waals surface area contributed by atoms with Gasteiger partial charge in [0, 0.05) is 30.1 Å². The summed E-state index contributed by atoms with van der Waals surface area (Å²) in [6.45, 7) is 4.61. The van der Waals surface area contributed by atoms with E-state index in [1.165, 1.54) is 30.0 Å². The molecule has 4 aromatic rings. The van der Waals surface area contributed by atoms with Crippen LogP contribution in [0.5, 0.6) is 11.5 Å². The predicted octanol–water partition coefficient (Wildman–Crippen LogP) is 6.22. The van der Waals surface area contributed by atoms with Crippen molar-refractivity contribution >= 4 is 58.6 Å². The predicted molar refractivity (Wildman–Crippen MR) is 204 cm³/mol. The molecule has 1 fully saturated rings. The molecule has 2 N–H and O–H groups in total. The summed E-state index contributed by atoms with van der Waals surface area (Å²) in [4.78, 5) is 72.1. The van der Waals surface area contributed by atoms with Crippen molar-refractivity contribution in [1.29, 1.82) is 5.26 Å². The number of nitrogens with zero attached hydrogens (tertiary/aromatic N) is 4. The zero-order chi connectivity index (χ0) is 39.3. The van der Waals surface area contributed by atoms with Gasteiger partial charge in [-0.25, -0.2) is 9.97 Å². The van der Waals surface area contributed by atoms with Gasteiger partial charge in [0.2, 0.25) is 17.7 Å². The minimum absolute atomic E-state index is 0.0211. The Labute approximate surface area is 326 Å². The molecule has 2 aliphatic rings. The van der Waals surface area contributed by atoms with Crippen molar-refractivity contribution in [3.8, 4) is 17.6 Å². The number of imide groups is 2. The van der Waals surface area contributed by atoms with Crippen molar-refractivity contribution in [2.24, 2.45) is 0 Å². The number of hydrogen-bond acceptors (Lipinski definition) is 11. The standard InChI is InChI=1S/C40H37ClN6O7S/c1-40(2,24-7-10-28(11-8-24)54-22-27-15-16-43-39(45-27)55-3)25-18-23(21-42)35(31(41)19-25)53-17-5-4-6-33(48)44-26-9-12-29-30(20-26)38(52)47(37(29)51)32-13-14-34(49)46-36(32)50/h7-12,15-16,18-20,32H,4-6,13-14,17,22H2,1-3H3,(H,44,48)(H,46,49,50). The Bertz CT molecular complexity index is 2220. The number of rotatable bonds is 14. The molecule has 0 bridgehead atoms. The van der Waals surface area contributed by atoms with Crippen molar-refractivity contribution < 1.29 is 33.4 Å². The molecule has 13 nitrogen and oxygen atoms in total. The highest BCUT2D eigenvalue weighted by molar-refractivity contribution is 7.98. The smallest absolute Gasteiger partial charge is 0.262 e. The van der Waals surface area contributed by atoms with E-state index in [-0.39, 0.29) is 48.7 Å². The van der Waals surface area contributed by atoms with Gasteiger partial charge in [-0.3, -0.25) is 34.2 Å². The minimum atomic E-state index is -1.07. The third-order valence-corrected chi connectivity index (χ3v) is 10.3. The maximum atomic E-state index is 13.1. The van der Waals surface area contributed by atoms with Crippen LogP contribution >= 0.6 is 23.4 Å². The van der Waals surface area contributed by atoms with E-state index < -0.39 is 35.1 Å². The molecule has 2 aliphatic heterocycles. The van der Waals surface area contributed by atoms with Gasteiger partial charge in [0.25, 0.3) is 11.8 Å². The topological polar surface area (TPSA) is 181 Å². The molecule has 15 heteroatoms. The molecule has 3 aromatic carbocycles. The summed E-state index contributed by atoms with van der Waals surface area (Å²) in [6, 6.07) is 18.6. The fraction of sp³-hybridized carbons (Fsp3) is 0.300. The second-order valence-electron chi connectivity index (χ2n) is 13.5. The van der Waals surface area contributed by atoms with Crippen molar-refractivity contribution in [3.63, 3.8) is 0 Å². The van der Waals surface area contributed by atoms with Crippen LogP contribution in [0.25, 0.3) is 0 Å². The van der Waals surface area contributed by atoms with Gasteiger partial charge in [0.05, 0.1) is 34.0 Å². The van der Waals surface area contributed by atoms with Crippen LogP contribution in [0, 0.1) is 11.3 Å². The van der Waals surface area contributed by atoms with Crippen molar-refractivity contribution in [1.82, 2.24) is 20.2 Å². The number of amides is 5. The van der Waals surface area contributed by atoms with E-state index in [2.05, 4.69) is 26.7 Å². The van der Waals surface area contributed by atoms with Crippen LogP contribution in [0.3, 0.4) is 0 Å². The zero-order valence-corrected chi connectivity index (χ0v) is 31.9. The van der Waals surface area contributed by atoms with Gasteiger partial charge >= 0.3 is 0 Å². The second-order valence-corrected chi connectivity index (χ2v) is 14.7. The number of anilines is 1. The maximum Gasteiger partial charge on any atom is 0.262 e. The van der Waals surface area contributed by atoms with E-state index in [0.717, 1.165) is 21.7 Å². The number of thioether (sulfide) groups is 1. The fourth-order valence-corrected chi connectivity index (χ4v) is 7.01. The molecule has 55 heavy (non-hydrogen) atoms. The minimum Gasteiger partial charge on any atom is -0.491 e. The zero-order valence-electron chi connectivity index (χ0n) is 30.3. The molecule has 282 valence electrons. The molecule has 5 amide bonds. The van der Waals surface area contributed by atoms with E-state index in [1.807, 2.05) is 50.4 Å². The van der Waals surface area contributed by atoms with Gasteiger partial charge in [-0.15, -0.1) is 0 Å². The summed E-state index contributed by atoms with van der Waals surface area (Å²) in [6.07, 6.45) is 4.79. The molecule has 3 heterocycles. The number of halogens is 1. The summed E-state index contributed by atoms with van der Waals surface area (Å²) < 4.78 is 11.9. The highest BCUT2D eigenvalue weighted by Gasteiger charge is 2.44. The number of nitriles is 1. The summed E-state index contributed by atoms with van der Waals surface area (Å²) in [5.74, 6) is -1.77. The highest BCUT2D eigenvalue weighted by atomic mass is 35.5. The average Bonchev–Trinajstić information content (AvgIpc) is 3.42. The number of carbonyl (C=O) groups is 5. The lowest BCUT2D eigenvalue weighted by Crippen LogP contribution is -2.54. The average molecular weight is 781 g/mol.